The van der Waals surface area contributed by atoms with E-state index in [-0.39, 0.29) is 23.4 Å². The fourth-order valence-electron chi connectivity index (χ4n) is 3.71. The van der Waals surface area contributed by atoms with Crippen molar-refractivity contribution in [1.82, 2.24) is 24.9 Å². The summed E-state index contributed by atoms with van der Waals surface area (Å²) in [5, 5.41) is 6.46. The van der Waals surface area contributed by atoms with Crippen LogP contribution in [0.3, 0.4) is 0 Å². The molecule has 4 rings (SSSR count). The van der Waals surface area contributed by atoms with E-state index in [2.05, 4.69) is 29.8 Å². The molecule has 1 amide bonds. The number of methoxy groups -OCH3 is 1. The third kappa shape index (κ3) is 5.75. The van der Waals surface area contributed by atoms with Gasteiger partial charge in [-0.1, -0.05) is 42.5 Å². The van der Waals surface area contributed by atoms with Crippen LogP contribution in [0, 0.1) is 6.92 Å². The van der Waals surface area contributed by atoms with Crippen LogP contribution in [0.4, 0.5) is 5.69 Å². The van der Waals surface area contributed by atoms with Crippen LogP contribution in [0.25, 0.3) is 17.0 Å². The molecule has 12 heteroatoms. The van der Waals surface area contributed by atoms with Gasteiger partial charge in [-0.3, -0.25) is 14.3 Å². The van der Waals surface area contributed by atoms with Crippen LogP contribution in [0.2, 0.25) is 0 Å². The van der Waals surface area contributed by atoms with Crippen LogP contribution in [0.5, 0.6) is 0 Å². The van der Waals surface area contributed by atoms with Gasteiger partial charge in [0.15, 0.2) is 0 Å². The lowest BCUT2D eigenvalue weighted by atomic mass is 10.00. The highest BCUT2D eigenvalue weighted by Gasteiger charge is 2.28. The maximum absolute atomic E-state index is 13.3. The molecule has 0 unspecified atom stereocenters. The van der Waals surface area contributed by atoms with Gasteiger partial charge in [0.1, 0.15) is 0 Å². The van der Waals surface area contributed by atoms with Crippen molar-refractivity contribution in [2.45, 2.75) is 37.9 Å². The first-order valence-electron chi connectivity index (χ1n) is 11.3. The molecule has 0 fully saturated rings. The Morgan fingerprint density at radius 1 is 1.03 bits per heavy atom. The Bertz CT molecular complexity index is 1580. The smallest absolute Gasteiger partial charge is 0.307 e. The van der Waals surface area contributed by atoms with Gasteiger partial charge in [-0.05, 0) is 39.0 Å². The van der Waals surface area contributed by atoms with Crippen molar-refractivity contribution in [1.29, 1.82) is 0 Å². The van der Waals surface area contributed by atoms with Gasteiger partial charge in [-0.15, -0.1) is 5.10 Å². The van der Waals surface area contributed by atoms with Crippen molar-refractivity contribution < 1.29 is 22.7 Å². The van der Waals surface area contributed by atoms with Gasteiger partial charge in [-0.25, -0.2) is 4.98 Å². The van der Waals surface area contributed by atoms with Crippen molar-refractivity contribution in [3.8, 4) is 11.3 Å². The molecule has 0 aliphatic carbocycles. The predicted molar refractivity (Wildman–Crippen MR) is 136 cm³/mol. The van der Waals surface area contributed by atoms with E-state index in [4.69, 9.17) is 0 Å². The van der Waals surface area contributed by atoms with Gasteiger partial charge < -0.3 is 10.1 Å². The minimum Gasteiger partial charge on any atom is -0.469 e. The number of fused-ring (bicyclic) bond motifs is 1. The number of anilines is 1. The molecule has 2 aromatic heterocycles. The Balaban J connectivity index is 1.66. The normalized spacial score (nSPS) is 11.8. The number of ether oxygens (including phenoxy) is 1. The van der Waals surface area contributed by atoms with E-state index in [1.165, 1.54) is 23.8 Å². The Labute approximate surface area is 214 Å². The maximum atomic E-state index is 13.3. The number of para-hydroxylation sites is 1. The fourth-order valence-corrected chi connectivity index (χ4v) is 4.66. The third-order valence-electron chi connectivity index (χ3n) is 5.41. The lowest BCUT2D eigenvalue weighted by molar-refractivity contribution is -0.141. The fraction of sp³-hybridized carbons (Fsp3) is 0.240. The maximum Gasteiger partial charge on any atom is 0.307 e. The van der Waals surface area contributed by atoms with Crippen LogP contribution >= 0.6 is 0 Å². The van der Waals surface area contributed by atoms with E-state index in [1.54, 1.807) is 39.0 Å². The molecule has 2 N–H and O–H groups in total. The summed E-state index contributed by atoms with van der Waals surface area (Å²) < 4.78 is 35.0. The largest absolute Gasteiger partial charge is 0.469 e. The number of carbonyl (C=O) groups excluding carboxylic acids is 2. The van der Waals surface area contributed by atoms with Gasteiger partial charge in [0.25, 0.3) is 26.9 Å². The van der Waals surface area contributed by atoms with Crippen molar-refractivity contribution in [3.63, 3.8) is 0 Å². The van der Waals surface area contributed by atoms with Crippen LogP contribution in [0.15, 0.2) is 65.8 Å². The number of aryl methyl sites for hydroxylation is 1. The molecule has 2 heterocycles. The summed E-state index contributed by atoms with van der Waals surface area (Å²) in [5.41, 5.74) is 1.25. The van der Waals surface area contributed by atoms with E-state index in [1.807, 2.05) is 30.3 Å². The minimum atomic E-state index is -4.30. The predicted octanol–water partition coefficient (Wildman–Crippen LogP) is 2.97. The molecule has 37 heavy (non-hydrogen) atoms. The number of aromatic nitrogens is 4. The highest BCUT2D eigenvalue weighted by Crippen LogP contribution is 2.23. The first kappa shape index (κ1) is 25.8. The Hall–Kier alpha value is -4.32. The first-order valence-corrected chi connectivity index (χ1v) is 12.8. The Kier molecular flexibility index (Phi) is 6.94. The van der Waals surface area contributed by atoms with Gasteiger partial charge in [0, 0.05) is 16.8 Å². The lowest BCUT2D eigenvalue weighted by Crippen LogP contribution is -2.45. The number of nitrogens with one attached hydrogen (secondary N) is 2. The molecule has 0 aliphatic rings. The summed E-state index contributed by atoms with van der Waals surface area (Å²) in [7, 11) is -3.04. The molecule has 0 spiro atoms. The third-order valence-corrected chi connectivity index (χ3v) is 6.55. The highest BCUT2D eigenvalue weighted by molar-refractivity contribution is 7.92. The second kappa shape index (κ2) is 9.97. The summed E-state index contributed by atoms with van der Waals surface area (Å²) in [4.78, 5) is 33.1. The second-order valence-electron chi connectivity index (χ2n) is 9.00. The van der Waals surface area contributed by atoms with Gasteiger partial charge >= 0.3 is 5.97 Å². The molecular formula is C25H26N6O5S. The Morgan fingerprint density at radius 3 is 2.41 bits per heavy atom. The zero-order chi connectivity index (χ0) is 26.8. The molecule has 0 aliphatic heterocycles. The zero-order valence-electron chi connectivity index (χ0n) is 20.7. The quantitative estimate of drug-likeness (QED) is 0.336. The van der Waals surface area contributed by atoms with Crippen LogP contribution in [-0.4, -0.2) is 52.5 Å². The minimum absolute atomic E-state index is 0.0279. The number of esters is 1. The lowest BCUT2D eigenvalue weighted by Gasteiger charge is -2.25. The number of hydrogen-bond donors (Lipinski definition) is 2. The van der Waals surface area contributed by atoms with E-state index >= 15 is 0 Å². The average molecular weight is 523 g/mol. The van der Waals surface area contributed by atoms with E-state index in [0.717, 1.165) is 5.56 Å². The average Bonchev–Trinajstić information content (AvgIpc) is 3.28. The number of hydrogen-bond acceptors (Lipinski definition) is 8. The SMILES string of the molecule is COC(=O)CC(C)(C)NC(=O)c1ccccc1NS(=O)(=O)c1nc2nc(C)cc(-c3ccccc3)n2n1. The Morgan fingerprint density at radius 2 is 1.70 bits per heavy atom. The summed E-state index contributed by atoms with van der Waals surface area (Å²) in [5.74, 6) is -0.940. The number of carbonyl (C=O) groups is 2. The molecule has 11 nitrogen and oxygen atoms in total. The summed E-state index contributed by atoms with van der Waals surface area (Å²) in [6, 6.07) is 17.2. The van der Waals surface area contributed by atoms with Crippen LogP contribution in [0.1, 0.15) is 36.3 Å². The van der Waals surface area contributed by atoms with Crippen molar-refractivity contribution in [3.05, 3.63) is 71.9 Å². The van der Waals surface area contributed by atoms with E-state index in [9.17, 15) is 18.0 Å². The van der Waals surface area contributed by atoms with E-state index in [0.29, 0.717) is 11.4 Å². The summed E-state index contributed by atoms with van der Waals surface area (Å²) in [6.07, 6.45) is -0.0650. The van der Waals surface area contributed by atoms with Crippen LogP contribution < -0.4 is 10.0 Å². The highest BCUT2D eigenvalue weighted by atomic mass is 32.2. The summed E-state index contributed by atoms with van der Waals surface area (Å²) in [6.45, 7) is 5.10. The zero-order valence-corrected chi connectivity index (χ0v) is 21.5. The number of benzene rings is 2. The molecule has 0 bridgehead atoms. The van der Waals surface area contributed by atoms with Crippen molar-refractivity contribution in [2.24, 2.45) is 0 Å². The molecular weight excluding hydrogens is 496 g/mol. The molecule has 0 saturated carbocycles. The molecule has 2 aromatic carbocycles. The van der Waals surface area contributed by atoms with Crippen molar-refractivity contribution in [2.75, 3.05) is 11.8 Å². The number of sulfonamides is 1. The molecule has 0 saturated heterocycles. The van der Waals surface area contributed by atoms with Gasteiger partial charge in [-0.2, -0.15) is 17.9 Å². The molecule has 4 aromatic rings. The standard InChI is InChI=1S/C25H26N6O5S/c1-16-14-20(17-10-6-5-7-11-17)31-23(26-16)27-24(29-31)37(34,35)30-19-13-9-8-12-18(19)22(33)28-25(2,3)15-21(32)36-4/h5-14,30H,15H2,1-4H3,(H,28,33). The second-order valence-corrected chi connectivity index (χ2v) is 10.6. The number of rotatable bonds is 8. The van der Waals surface area contributed by atoms with E-state index < -0.39 is 32.6 Å². The van der Waals surface area contributed by atoms with Crippen molar-refractivity contribution >= 4 is 33.4 Å². The van der Waals surface area contributed by atoms with Crippen LogP contribution in [-0.2, 0) is 19.6 Å². The molecule has 0 radical (unpaired) electrons. The topological polar surface area (TPSA) is 145 Å². The summed E-state index contributed by atoms with van der Waals surface area (Å²) >= 11 is 0. The number of amides is 1. The molecule has 0 atom stereocenters. The van der Waals surface area contributed by atoms with Gasteiger partial charge in [0.2, 0.25) is 0 Å². The monoisotopic (exact) mass is 522 g/mol. The van der Waals surface area contributed by atoms with Gasteiger partial charge in [0.05, 0.1) is 30.5 Å². The first-order chi connectivity index (χ1) is 17.5. The molecule has 192 valence electrons. The number of nitrogens with zero attached hydrogens (tertiary/aromatic N) is 4.